The molecule has 4 heteroatoms. The lowest BCUT2D eigenvalue weighted by Gasteiger charge is -2.26. The van der Waals surface area contributed by atoms with Crippen LogP contribution in [0.2, 0.25) is 0 Å². The van der Waals surface area contributed by atoms with Gasteiger partial charge in [-0.25, -0.2) is 4.79 Å². The summed E-state index contributed by atoms with van der Waals surface area (Å²) < 4.78 is 5.66. The number of carbonyl (C=O) groups excluding carboxylic acids is 1. The molecule has 2 N–H and O–H groups in total. The highest BCUT2D eigenvalue weighted by Crippen LogP contribution is 2.20. The SMILES string of the molecule is C=C(C)C(=O)OC(CCC(C)CCCC(C)(C)N)CN(CC)CC. The van der Waals surface area contributed by atoms with Crippen LogP contribution in [0.15, 0.2) is 12.2 Å². The van der Waals surface area contributed by atoms with Gasteiger partial charge in [-0.15, -0.1) is 0 Å². The van der Waals surface area contributed by atoms with Gasteiger partial charge < -0.3 is 15.4 Å². The number of carbonyl (C=O) groups is 1. The van der Waals surface area contributed by atoms with Gasteiger partial charge in [0.1, 0.15) is 6.10 Å². The van der Waals surface area contributed by atoms with E-state index in [1.165, 1.54) is 6.42 Å². The molecule has 4 nitrogen and oxygen atoms in total. The fourth-order valence-electron chi connectivity index (χ4n) is 2.73. The summed E-state index contributed by atoms with van der Waals surface area (Å²) in [6, 6.07) is 0. The lowest BCUT2D eigenvalue weighted by Crippen LogP contribution is -2.35. The van der Waals surface area contributed by atoms with E-state index < -0.39 is 0 Å². The van der Waals surface area contributed by atoms with Crippen LogP contribution in [-0.2, 0) is 9.53 Å². The minimum absolute atomic E-state index is 0.0532. The Morgan fingerprint density at radius 2 is 1.79 bits per heavy atom. The van der Waals surface area contributed by atoms with Crippen molar-refractivity contribution in [3.63, 3.8) is 0 Å². The Balaban J connectivity index is 4.42. The fraction of sp³-hybridized carbons (Fsp3) is 0.850. The van der Waals surface area contributed by atoms with E-state index >= 15 is 0 Å². The van der Waals surface area contributed by atoms with Crippen molar-refractivity contribution in [2.45, 2.75) is 85.3 Å². The first-order valence-electron chi connectivity index (χ1n) is 9.46. The lowest BCUT2D eigenvalue weighted by molar-refractivity contribution is -0.145. The maximum absolute atomic E-state index is 11.9. The fourth-order valence-corrected chi connectivity index (χ4v) is 2.73. The summed E-state index contributed by atoms with van der Waals surface area (Å²) in [5, 5.41) is 0. The molecule has 0 radical (unpaired) electrons. The van der Waals surface area contributed by atoms with Gasteiger partial charge in [0.15, 0.2) is 0 Å². The minimum atomic E-state index is -0.273. The van der Waals surface area contributed by atoms with Gasteiger partial charge >= 0.3 is 5.97 Å². The van der Waals surface area contributed by atoms with E-state index in [1.54, 1.807) is 6.92 Å². The number of esters is 1. The molecular formula is C20H40N2O2. The molecule has 24 heavy (non-hydrogen) atoms. The van der Waals surface area contributed by atoms with Crippen molar-refractivity contribution in [3.05, 3.63) is 12.2 Å². The molecule has 0 aromatic carbocycles. The predicted molar refractivity (Wildman–Crippen MR) is 103 cm³/mol. The van der Waals surface area contributed by atoms with Crippen LogP contribution in [0, 0.1) is 5.92 Å². The van der Waals surface area contributed by atoms with E-state index in [-0.39, 0.29) is 17.6 Å². The van der Waals surface area contributed by atoms with Crippen LogP contribution in [0.4, 0.5) is 0 Å². The van der Waals surface area contributed by atoms with Gasteiger partial charge in [-0.2, -0.15) is 0 Å². The maximum atomic E-state index is 11.9. The molecule has 0 rings (SSSR count). The Bertz CT molecular complexity index is 370. The standard InChI is InChI=1S/C20H40N2O2/c1-8-22(9-2)15-18(24-19(23)16(3)4)13-12-17(5)11-10-14-20(6,7)21/h17-18H,3,8-15,21H2,1-2,4-7H3. The van der Waals surface area contributed by atoms with E-state index in [0.717, 1.165) is 45.3 Å². The Labute approximate surface area is 149 Å². The molecule has 0 saturated heterocycles. The molecule has 0 aromatic rings. The quantitative estimate of drug-likeness (QED) is 0.404. The normalized spacial score (nSPS) is 14.5. The van der Waals surface area contributed by atoms with Crippen LogP contribution in [-0.4, -0.2) is 42.1 Å². The molecule has 0 amide bonds. The first-order valence-corrected chi connectivity index (χ1v) is 9.46. The van der Waals surface area contributed by atoms with Crippen molar-refractivity contribution < 1.29 is 9.53 Å². The molecule has 0 aliphatic heterocycles. The number of hydrogen-bond acceptors (Lipinski definition) is 4. The van der Waals surface area contributed by atoms with Crippen molar-refractivity contribution in [3.8, 4) is 0 Å². The number of rotatable bonds is 13. The van der Waals surface area contributed by atoms with Crippen LogP contribution in [0.5, 0.6) is 0 Å². The van der Waals surface area contributed by atoms with Crippen LogP contribution in [0.1, 0.15) is 73.6 Å². The minimum Gasteiger partial charge on any atom is -0.458 e. The first-order chi connectivity index (χ1) is 11.1. The van der Waals surface area contributed by atoms with Crippen LogP contribution < -0.4 is 5.73 Å². The number of nitrogens with zero attached hydrogens (tertiary/aromatic N) is 1. The summed E-state index contributed by atoms with van der Waals surface area (Å²) in [5.74, 6) is 0.347. The molecule has 0 fully saturated rings. The highest BCUT2D eigenvalue weighted by Gasteiger charge is 2.19. The predicted octanol–water partition coefficient (Wildman–Crippen LogP) is 4.14. The maximum Gasteiger partial charge on any atom is 0.333 e. The van der Waals surface area contributed by atoms with Crippen molar-refractivity contribution in [1.82, 2.24) is 4.90 Å². The van der Waals surface area contributed by atoms with Crippen LogP contribution in [0.25, 0.3) is 0 Å². The van der Waals surface area contributed by atoms with Gasteiger partial charge in [-0.3, -0.25) is 0 Å². The Kier molecular flexibility index (Phi) is 11.2. The Morgan fingerprint density at radius 3 is 2.25 bits per heavy atom. The highest BCUT2D eigenvalue weighted by molar-refractivity contribution is 5.87. The second-order valence-corrected chi connectivity index (χ2v) is 7.86. The van der Waals surface area contributed by atoms with Gasteiger partial charge in [0, 0.05) is 17.7 Å². The second kappa shape index (κ2) is 11.6. The zero-order valence-electron chi connectivity index (χ0n) is 16.9. The third-order valence-electron chi connectivity index (χ3n) is 4.48. The molecule has 0 heterocycles. The summed E-state index contributed by atoms with van der Waals surface area (Å²) in [7, 11) is 0. The molecule has 0 saturated carbocycles. The van der Waals surface area contributed by atoms with Crippen LogP contribution >= 0.6 is 0 Å². The lowest BCUT2D eigenvalue weighted by atomic mass is 9.92. The van der Waals surface area contributed by atoms with Crippen LogP contribution in [0.3, 0.4) is 0 Å². The van der Waals surface area contributed by atoms with Gasteiger partial charge in [0.05, 0.1) is 0 Å². The summed E-state index contributed by atoms with van der Waals surface area (Å²) in [6.45, 7) is 18.8. The monoisotopic (exact) mass is 340 g/mol. The second-order valence-electron chi connectivity index (χ2n) is 7.86. The molecule has 0 spiro atoms. The zero-order valence-corrected chi connectivity index (χ0v) is 16.9. The Morgan fingerprint density at radius 1 is 1.21 bits per heavy atom. The topological polar surface area (TPSA) is 55.6 Å². The van der Waals surface area contributed by atoms with E-state index in [2.05, 4.69) is 46.1 Å². The van der Waals surface area contributed by atoms with E-state index in [0.29, 0.717) is 11.5 Å². The first kappa shape index (κ1) is 23.1. The van der Waals surface area contributed by atoms with Crippen molar-refractivity contribution in [2.24, 2.45) is 11.7 Å². The molecule has 0 bridgehead atoms. The third-order valence-corrected chi connectivity index (χ3v) is 4.48. The molecule has 142 valence electrons. The summed E-state index contributed by atoms with van der Waals surface area (Å²) in [5.41, 5.74) is 6.43. The summed E-state index contributed by atoms with van der Waals surface area (Å²) in [4.78, 5) is 14.2. The van der Waals surface area contributed by atoms with Gasteiger partial charge in [-0.05, 0) is 59.0 Å². The van der Waals surface area contributed by atoms with Gasteiger partial charge in [0.25, 0.3) is 0 Å². The Hall–Kier alpha value is -0.870. The highest BCUT2D eigenvalue weighted by atomic mass is 16.5. The van der Waals surface area contributed by atoms with E-state index in [9.17, 15) is 4.79 Å². The van der Waals surface area contributed by atoms with Gasteiger partial charge in [0.2, 0.25) is 0 Å². The molecule has 2 unspecified atom stereocenters. The number of ether oxygens (including phenoxy) is 1. The molecular weight excluding hydrogens is 300 g/mol. The number of nitrogens with two attached hydrogens (primary N) is 1. The molecule has 2 atom stereocenters. The summed E-state index contributed by atoms with van der Waals surface area (Å²) >= 11 is 0. The van der Waals surface area contributed by atoms with E-state index in [4.69, 9.17) is 10.5 Å². The van der Waals surface area contributed by atoms with Crippen molar-refractivity contribution >= 4 is 5.97 Å². The average molecular weight is 341 g/mol. The zero-order chi connectivity index (χ0) is 18.8. The smallest absolute Gasteiger partial charge is 0.333 e. The molecule has 0 aliphatic carbocycles. The molecule has 0 aliphatic rings. The largest absolute Gasteiger partial charge is 0.458 e. The average Bonchev–Trinajstić information content (AvgIpc) is 2.48. The number of hydrogen-bond donors (Lipinski definition) is 1. The number of likely N-dealkylation sites (N-methyl/N-ethyl adjacent to an activating group) is 1. The van der Waals surface area contributed by atoms with Gasteiger partial charge in [-0.1, -0.05) is 40.2 Å². The van der Waals surface area contributed by atoms with Crippen molar-refractivity contribution in [1.29, 1.82) is 0 Å². The molecule has 0 aromatic heterocycles. The third kappa shape index (κ3) is 11.6. The van der Waals surface area contributed by atoms with Crippen molar-refractivity contribution in [2.75, 3.05) is 19.6 Å². The van der Waals surface area contributed by atoms with E-state index in [1.807, 2.05) is 0 Å². The summed E-state index contributed by atoms with van der Waals surface area (Å²) in [6.07, 6.45) is 5.29.